The normalized spacial score (nSPS) is 23.2. The van der Waals surface area contributed by atoms with Gasteiger partial charge in [-0.05, 0) is 12.8 Å². The fraction of sp³-hybridized carbons (Fsp3) is 0.972. The van der Waals surface area contributed by atoms with Crippen molar-refractivity contribution in [2.24, 2.45) is 0 Å². The zero-order valence-electron chi connectivity index (χ0n) is 28.9. The van der Waals surface area contributed by atoms with Gasteiger partial charge in [0.05, 0.1) is 25.4 Å². The highest BCUT2D eigenvalue weighted by molar-refractivity contribution is 5.76. The van der Waals surface area contributed by atoms with Gasteiger partial charge in [-0.25, -0.2) is 0 Å². The van der Waals surface area contributed by atoms with Crippen molar-refractivity contribution in [1.82, 2.24) is 5.32 Å². The van der Waals surface area contributed by atoms with Crippen molar-refractivity contribution in [3.63, 3.8) is 0 Å². The molecule has 0 aromatic carbocycles. The maximum atomic E-state index is 12.8. The van der Waals surface area contributed by atoms with Crippen LogP contribution in [0.2, 0.25) is 0 Å². The second-order valence-corrected chi connectivity index (χ2v) is 13.4. The molecular weight excluding hydrogens is 574 g/mol. The van der Waals surface area contributed by atoms with Crippen LogP contribution in [0.3, 0.4) is 0 Å². The highest BCUT2D eigenvalue weighted by Crippen LogP contribution is 2.23. The molecule has 0 aliphatic carbocycles. The van der Waals surface area contributed by atoms with Crippen LogP contribution >= 0.6 is 0 Å². The minimum Gasteiger partial charge on any atom is -0.394 e. The van der Waals surface area contributed by atoms with Crippen molar-refractivity contribution < 1.29 is 39.8 Å². The van der Waals surface area contributed by atoms with E-state index >= 15 is 0 Å². The van der Waals surface area contributed by atoms with E-state index in [1.807, 2.05) is 0 Å². The summed E-state index contributed by atoms with van der Waals surface area (Å²) in [6, 6.07) is -0.708. The summed E-state index contributed by atoms with van der Waals surface area (Å²) < 4.78 is 11.2. The zero-order chi connectivity index (χ0) is 33.1. The summed E-state index contributed by atoms with van der Waals surface area (Å²) in [4.78, 5) is 12.8. The van der Waals surface area contributed by atoms with Crippen LogP contribution in [-0.2, 0) is 14.3 Å². The molecule has 1 saturated heterocycles. The Balaban J connectivity index is 2.43. The molecule has 9 nitrogen and oxygen atoms in total. The number of amides is 1. The Labute approximate surface area is 274 Å². The summed E-state index contributed by atoms with van der Waals surface area (Å²) in [5.74, 6) is -0.147. The predicted molar refractivity (Wildman–Crippen MR) is 180 cm³/mol. The molecule has 45 heavy (non-hydrogen) atoms. The molecule has 0 aromatic rings. The van der Waals surface area contributed by atoms with E-state index in [1.165, 1.54) is 103 Å². The van der Waals surface area contributed by atoms with E-state index in [2.05, 4.69) is 19.2 Å². The number of hydrogen-bond donors (Lipinski definition) is 6. The number of hydrogen-bond acceptors (Lipinski definition) is 8. The van der Waals surface area contributed by atoms with Gasteiger partial charge in [0.15, 0.2) is 6.29 Å². The molecule has 9 heteroatoms. The number of unbranched alkanes of at least 4 members (excludes halogenated alkanes) is 20. The molecule has 0 aromatic heterocycles. The second-order valence-electron chi connectivity index (χ2n) is 13.4. The first-order valence-corrected chi connectivity index (χ1v) is 18.7. The molecule has 1 fully saturated rings. The molecule has 0 spiro atoms. The first-order valence-electron chi connectivity index (χ1n) is 18.7. The van der Waals surface area contributed by atoms with Gasteiger partial charge >= 0.3 is 0 Å². The van der Waals surface area contributed by atoms with Gasteiger partial charge in [-0.2, -0.15) is 0 Å². The fourth-order valence-electron chi connectivity index (χ4n) is 6.10. The smallest absolute Gasteiger partial charge is 0.220 e. The summed E-state index contributed by atoms with van der Waals surface area (Å²) >= 11 is 0. The number of carbonyl (C=O) groups is 1. The first kappa shape index (κ1) is 42.2. The lowest BCUT2D eigenvalue weighted by molar-refractivity contribution is -0.302. The van der Waals surface area contributed by atoms with Crippen LogP contribution in [-0.4, -0.2) is 87.5 Å². The van der Waals surface area contributed by atoms with Gasteiger partial charge in [-0.15, -0.1) is 0 Å². The van der Waals surface area contributed by atoms with Gasteiger partial charge in [0.25, 0.3) is 0 Å². The van der Waals surface area contributed by atoms with Crippen LogP contribution in [0.25, 0.3) is 0 Å². The minimum atomic E-state index is -1.55. The molecule has 1 heterocycles. The Morgan fingerprint density at radius 3 is 1.58 bits per heavy atom. The van der Waals surface area contributed by atoms with Crippen LogP contribution < -0.4 is 5.32 Å². The lowest BCUT2D eigenvalue weighted by atomic mass is 9.99. The summed E-state index contributed by atoms with van der Waals surface area (Å²) in [5, 5.41) is 53.9. The van der Waals surface area contributed by atoms with Gasteiger partial charge in [-0.3, -0.25) is 4.79 Å². The number of nitrogens with one attached hydrogen (secondary N) is 1. The third kappa shape index (κ3) is 20.2. The standard InChI is InChI=1S/C36H71NO8/c1-3-5-7-9-11-13-15-16-18-20-22-24-26-32(40)37-29(28-44-36-35(43)34(42)33(41)31(27-38)45-36)30(39)25-23-21-19-17-14-12-10-8-6-4-2/h29-31,33-36,38-39,41-43H,3-28H2,1-2H3,(H,37,40)/t29-,30+,31+,33+,34?,35?,36+/m0/s1. The highest BCUT2D eigenvalue weighted by Gasteiger charge is 2.44. The second kappa shape index (κ2) is 28.2. The topological polar surface area (TPSA) is 149 Å². The van der Waals surface area contributed by atoms with E-state index in [4.69, 9.17) is 9.47 Å². The average molecular weight is 646 g/mol. The summed E-state index contributed by atoms with van der Waals surface area (Å²) in [6.45, 7) is 3.79. The van der Waals surface area contributed by atoms with Crippen molar-refractivity contribution in [2.45, 2.75) is 211 Å². The van der Waals surface area contributed by atoms with Crippen molar-refractivity contribution >= 4 is 5.91 Å². The molecule has 1 rings (SSSR count). The Bertz CT molecular complexity index is 681. The fourth-order valence-corrected chi connectivity index (χ4v) is 6.10. The molecule has 268 valence electrons. The van der Waals surface area contributed by atoms with Gasteiger partial charge < -0.3 is 40.3 Å². The maximum Gasteiger partial charge on any atom is 0.220 e. The van der Waals surface area contributed by atoms with Gasteiger partial charge in [0, 0.05) is 6.42 Å². The third-order valence-corrected chi connectivity index (χ3v) is 9.21. The van der Waals surface area contributed by atoms with Crippen LogP contribution in [0.1, 0.15) is 168 Å². The summed E-state index contributed by atoms with van der Waals surface area (Å²) in [5.41, 5.74) is 0. The summed E-state index contributed by atoms with van der Waals surface area (Å²) in [6.07, 6.45) is 19.7. The molecule has 1 amide bonds. The highest BCUT2D eigenvalue weighted by atomic mass is 16.7. The average Bonchev–Trinajstić information content (AvgIpc) is 3.04. The first-order chi connectivity index (χ1) is 21.8. The number of aliphatic hydroxyl groups is 5. The lowest BCUT2D eigenvalue weighted by Crippen LogP contribution is -2.60. The molecule has 6 N–H and O–H groups in total. The quantitative estimate of drug-likeness (QED) is 0.0517. The van der Waals surface area contributed by atoms with Crippen molar-refractivity contribution in [3.05, 3.63) is 0 Å². The molecule has 0 saturated carbocycles. The zero-order valence-corrected chi connectivity index (χ0v) is 28.9. The van der Waals surface area contributed by atoms with E-state index in [9.17, 15) is 30.3 Å². The Morgan fingerprint density at radius 2 is 1.11 bits per heavy atom. The van der Waals surface area contributed by atoms with E-state index in [1.54, 1.807) is 0 Å². The van der Waals surface area contributed by atoms with E-state index in [0.29, 0.717) is 12.8 Å². The third-order valence-electron chi connectivity index (χ3n) is 9.21. The largest absolute Gasteiger partial charge is 0.394 e. The number of aliphatic hydroxyl groups excluding tert-OH is 5. The van der Waals surface area contributed by atoms with E-state index < -0.39 is 49.5 Å². The Kier molecular flexibility index (Phi) is 26.5. The van der Waals surface area contributed by atoms with Crippen molar-refractivity contribution in [1.29, 1.82) is 0 Å². The SMILES string of the molecule is CCCCCCCCCCCCCCC(=O)N[C@@H](CO[C@@H]1O[C@H](CO)[C@@H](O)C(O)C1O)[C@H](O)CCCCCCCCCCCC. The number of ether oxygens (including phenoxy) is 2. The van der Waals surface area contributed by atoms with Gasteiger partial charge in [-0.1, -0.05) is 149 Å². The lowest BCUT2D eigenvalue weighted by Gasteiger charge is -2.40. The van der Waals surface area contributed by atoms with E-state index in [-0.39, 0.29) is 12.5 Å². The predicted octanol–water partition coefficient (Wildman–Crippen LogP) is 6.05. The number of rotatable bonds is 30. The Hall–Kier alpha value is -0.810. The molecule has 1 aliphatic heterocycles. The number of carbonyl (C=O) groups excluding carboxylic acids is 1. The van der Waals surface area contributed by atoms with Crippen LogP contribution in [0.5, 0.6) is 0 Å². The maximum absolute atomic E-state index is 12.8. The molecule has 0 bridgehead atoms. The monoisotopic (exact) mass is 646 g/mol. The minimum absolute atomic E-state index is 0.133. The molecule has 7 atom stereocenters. The van der Waals surface area contributed by atoms with Crippen molar-refractivity contribution in [3.8, 4) is 0 Å². The van der Waals surface area contributed by atoms with Gasteiger partial charge in [0.1, 0.15) is 24.4 Å². The van der Waals surface area contributed by atoms with E-state index in [0.717, 1.165) is 38.5 Å². The molecular formula is C36H71NO8. The van der Waals surface area contributed by atoms with Crippen LogP contribution in [0, 0.1) is 0 Å². The van der Waals surface area contributed by atoms with Crippen LogP contribution in [0.4, 0.5) is 0 Å². The van der Waals surface area contributed by atoms with Gasteiger partial charge in [0.2, 0.25) is 5.91 Å². The molecule has 1 aliphatic rings. The molecule has 0 radical (unpaired) electrons. The van der Waals surface area contributed by atoms with Crippen molar-refractivity contribution in [2.75, 3.05) is 13.2 Å². The van der Waals surface area contributed by atoms with Crippen LogP contribution in [0.15, 0.2) is 0 Å². The Morgan fingerprint density at radius 1 is 0.667 bits per heavy atom. The molecule has 2 unspecified atom stereocenters. The summed E-state index contributed by atoms with van der Waals surface area (Å²) in [7, 11) is 0.